The molecule has 0 bridgehead atoms. The van der Waals surface area contributed by atoms with E-state index in [2.05, 4.69) is 5.16 Å². The first-order valence-corrected chi connectivity index (χ1v) is 9.77. The van der Waals surface area contributed by atoms with Gasteiger partial charge in [-0.05, 0) is 37.0 Å². The van der Waals surface area contributed by atoms with E-state index in [0.717, 1.165) is 29.2 Å². The van der Waals surface area contributed by atoms with E-state index in [1.54, 1.807) is 11.0 Å². The van der Waals surface area contributed by atoms with Crippen LogP contribution in [0.2, 0.25) is 0 Å². The number of amides is 1. The van der Waals surface area contributed by atoms with Crippen molar-refractivity contribution in [3.05, 3.63) is 41.3 Å². The molecule has 1 saturated heterocycles. The van der Waals surface area contributed by atoms with Gasteiger partial charge in [-0.2, -0.15) is 0 Å². The zero-order chi connectivity index (χ0) is 20.4. The van der Waals surface area contributed by atoms with E-state index in [1.165, 1.54) is 7.11 Å². The quantitative estimate of drug-likeness (QED) is 0.713. The van der Waals surface area contributed by atoms with Gasteiger partial charge in [-0.15, -0.1) is 0 Å². The molecule has 0 radical (unpaired) electrons. The molecule has 1 aromatic heterocycles. The van der Waals surface area contributed by atoms with Crippen LogP contribution < -0.4 is 9.47 Å². The van der Waals surface area contributed by atoms with Crippen molar-refractivity contribution in [1.82, 2.24) is 10.1 Å². The molecular weight excluding hydrogens is 376 g/mol. The molecular formula is C21H24N2O6. The van der Waals surface area contributed by atoms with Crippen molar-refractivity contribution in [1.29, 1.82) is 0 Å². The summed E-state index contributed by atoms with van der Waals surface area (Å²) in [6, 6.07) is 7.59. The number of carbonyl (C=O) groups excluding carboxylic acids is 2. The smallest absolute Gasteiger partial charge is 0.308 e. The summed E-state index contributed by atoms with van der Waals surface area (Å²) in [6.07, 6.45) is 1.93. The van der Waals surface area contributed by atoms with Crippen molar-refractivity contribution in [2.45, 2.75) is 32.1 Å². The Kier molecular flexibility index (Phi) is 5.42. The molecule has 8 nitrogen and oxygen atoms in total. The van der Waals surface area contributed by atoms with Crippen molar-refractivity contribution < 1.29 is 28.3 Å². The van der Waals surface area contributed by atoms with Gasteiger partial charge < -0.3 is 23.6 Å². The Hall–Kier alpha value is -3.03. The minimum atomic E-state index is -0.212. The first-order chi connectivity index (χ1) is 14.0. The Morgan fingerprint density at radius 2 is 1.97 bits per heavy atom. The van der Waals surface area contributed by atoms with Crippen LogP contribution in [0.3, 0.4) is 0 Å². The SMILES string of the molecule is COC(=O)C1CCN(C(=O)c2cc([C@@H](C)Cc3ccc4c(c3)OCO4)no2)CC1. The normalized spacial score (nSPS) is 17.2. The fraction of sp³-hybridized carbons (Fsp3) is 0.476. The van der Waals surface area contributed by atoms with Gasteiger partial charge in [0.1, 0.15) is 0 Å². The van der Waals surface area contributed by atoms with Crippen molar-refractivity contribution in [3.8, 4) is 11.5 Å². The van der Waals surface area contributed by atoms with Crippen molar-refractivity contribution >= 4 is 11.9 Å². The largest absolute Gasteiger partial charge is 0.469 e. The second kappa shape index (κ2) is 8.14. The number of fused-ring (bicyclic) bond motifs is 1. The summed E-state index contributed by atoms with van der Waals surface area (Å²) >= 11 is 0. The number of ether oxygens (including phenoxy) is 3. The molecule has 1 amide bonds. The number of benzene rings is 1. The lowest BCUT2D eigenvalue weighted by molar-refractivity contribution is -0.146. The van der Waals surface area contributed by atoms with Gasteiger partial charge in [0.25, 0.3) is 5.91 Å². The molecule has 29 heavy (non-hydrogen) atoms. The van der Waals surface area contributed by atoms with Crippen molar-refractivity contribution in [3.63, 3.8) is 0 Å². The van der Waals surface area contributed by atoms with Gasteiger partial charge in [0, 0.05) is 25.1 Å². The van der Waals surface area contributed by atoms with Gasteiger partial charge in [-0.1, -0.05) is 18.1 Å². The highest BCUT2D eigenvalue weighted by molar-refractivity contribution is 5.91. The fourth-order valence-corrected chi connectivity index (χ4v) is 3.79. The third-order valence-corrected chi connectivity index (χ3v) is 5.54. The second-order valence-electron chi connectivity index (χ2n) is 7.50. The monoisotopic (exact) mass is 400 g/mol. The standard InChI is InChI=1S/C21H24N2O6/c1-13(9-14-3-4-17-18(10-14)28-12-27-17)16-11-19(29-22-16)20(24)23-7-5-15(6-8-23)21(25)26-2/h3-4,10-11,13,15H,5-9,12H2,1-2H3/t13-/m0/s1. The van der Waals surface area contributed by atoms with Gasteiger partial charge in [-0.3, -0.25) is 9.59 Å². The summed E-state index contributed by atoms with van der Waals surface area (Å²) in [5.74, 6) is 1.27. The van der Waals surface area contributed by atoms with Crippen molar-refractivity contribution in [2.75, 3.05) is 27.0 Å². The predicted molar refractivity (Wildman–Crippen MR) is 102 cm³/mol. The predicted octanol–water partition coefficient (Wildman–Crippen LogP) is 2.77. The number of esters is 1. The zero-order valence-corrected chi connectivity index (χ0v) is 16.6. The third-order valence-electron chi connectivity index (χ3n) is 5.54. The van der Waals surface area contributed by atoms with E-state index >= 15 is 0 Å². The number of piperidine rings is 1. The van der Waals surface area contributed by atoms with Crippen LogP contribution in [-0.2, 0) is 16.0 Å². The van der Waals surface area contributed by atoms with Crippen LogP contribution in [-0.4, -0.2) is 48.9 Å². The summed E-state index contributed by atoms with van der Waals surface area (Å²) < 4.78 is 20.9. The van der Waals surface area contributed by atoms with E-state index in [9.17, 15) is 9.59 Å². The van der Waals surface area contributed by atoms with Crippen LogP contribution in [0.4, 0.5) is 0 Å². The van der Waals surface area contributed by atoms with Gasteiger partial charge in [0.2, 0.25) is 12.6 Å². The number of likely N-dealkylation sites (tertiary alicyclic amines) is 1. The molecule has 154 valence electrons. The number of hydrogen-bond acceptors (Lipinski definition) is 7. The van der Waals surface area contributed by atoms with E-state index in [-0.39, 0.29) is 36.3 Å². The Bertz CT molecular complexity index is 900. The summed E-state index contributed by atoms with van der Waals surface area (Å²) in [7, 11) is 1.39. The molecule has 2 aromatic rings. The van der Waals surface area contributed by atoms with Crippen molar-refractivity contribution in [2.24, 2.45) is 5.92 Å². The van der Waals surface area contributed by atoms with E-state index in [1.807, 2.05) is 25.1 Å². The first-order valence-electron chi connectivity index (χ1n) is 9.77. The number of nitrogens with zero attached hydrogens (tertiary/aromatic N) is 2. The molecule has 0 saturated carbocycles. The van der Waals surface area contributed by atoms with Crippen LogP contribution in [0.1, 0.15) is 47.5 Å². The third kappa shape index (κ3) is 4.06. The lowest BCUT2D eigenvalue weighted by atomic mass is 9.96. The molecule has 4 rings (SSSR count). The lowest BCUT2D eigenvalue weighted by Gasteiger charge is -2.29. The maximum Gasteiger partial charge on any atom is 0.308 e. The number of carbonyl (C=O) groups is 2. The topological polar surface area (TPSA) is 91.1 Å². The summed E-state index contributed by atoms with van der Waals surface area (Å²) in [6.45, 7) is 3.29. The highest BCUT2D eigenvalue weighted by atomic mass is 16.7. The van der Waals surface area contributed by atoms with Gasteiger partial charge in [-0.25, -0.2) is 0 Å². The molecule has 0 N–H and O–H groups in total. The van der Waals surface area contributed by atoms with E-state index in [0.29, 0.717) is 25.9 Å². The molecule has 8 heteroatoms. The van der Waals surface area contributed by atoms with Crippen LogP contribution in [0.5, 0.6) is 11.5 Å². The zero-order valence-electron chi connectivity index (χ0n) is 16.6. The molecule has 2 aliphatic rings. The summed E-state index contributed by atoms with van der Waals surface area (Å²) in [5, 5.41) is 4.10. The minimum Gasteiger partial charge on any atom is -0.469 e. The lowest BCUT2D eigenvalue weighted by Crippen LogP contribution is -2.40. The molecule has 1 aromatic carbocycles. The number of aromatic nitrogens is 1. The molecule has 0 spiro atoms. The van der Waals surface area contributed by atoms with Gasteiger partial charge >= 0.3 is 5.97 Å². The second-order valence-corrected chi connectivity index (χ2v) is 7.50. The van der Waals surface area contributed by atoms with Gasteiger partial charge in [0.15, 0.2) is 11.5 Å². The number of methoxy groups -OCH3 is 1. The average Bonchev–Trinajstić information content (AvgIpc) is 3.42. The van der Waals surface area contributed by atoms with Crippen LogP contribution in [0.15, 0.2) is 28.8 Å². The summed E-state index contributed by atoms with van der Waals surface area (Å²) in [5.41, 5.74) is 1.83. The maximum absolute atomic E-state index is 12.7. The maximum atomic E-state index is 12.7. The Labute approximate surface area is 168 Å². The Balaban J connectivity index is 1.36. The Morgan fingerprint density at radius 1 is 1.21 bits per heavy atom. The number of rotatable bonds is 5. The van der Waals surface area contributed by atoms with Crippen LogP contribution in [0, 0.1) is 5.92 Å². The molecule has 0 aliphatic carbocycles. The minimum absolute atomic E-state index is 0.0748. The number of hydrogen-bond donors (Lipinski definition) is 0. The molecule has 1 fully saturated rings. The fourth-order valence-electron chi connectivity index (χ4n) is 3.79. The first kappa shape index (κ1) is 19.3. The van der Waals surface area contributed by atoms with E-state index < -0.39 is 0 Å². The molecule has 0 unspecified atom stereocenters. The molecule has 2 aliphatic heterocycles. The van der Waals surface area contributed by atoms with Crippen LogP contribution >= 0.6 is 0 Å². The molecule has 1 atom stereocenters. The Morgan fingerprint density at radius 3 is 2.72 bits per heavy atom. The molecule has 3 heterocycles. The highest BCUT2D eigenvalue weighted by Crippen LogP contribution is 2.34. The summed E-state index contributed by atoms with van der Waals surface area (Å²) in [4.78, 5) is 26.0. The highest BCUT2D eigenvalue weighted by Gasteiger charge is 2.30. The van der Waals surface area contributed by atoms with E-state index in [4.69, 9.17) is 18.7 Å². The van der Waals surface area contributed by atoms with Gasteiger partial charge in [0.05, 0.1) is 18.7 Å². The average molecular weight is 400 g/mol. The van der Waals surface area contributed by atoms with Crippen LogP contribution in [0.25, 0.3) is 0 Å².